The molecule has 210 valence electrons. The van der Waals surface area contributed by atoms with Gasteiger partial charge in [-0.2, -0.15) is 0 Å². The van der Waals surface area contributed by atoms with Crippen molar-refractivity contribution in [2.45, 2.75) is 0 Å². The molecule has 5 nitrogen and oxygen atoms in total. The molecule has 0 aliphatic heterocycles. The van der Waals surface area contributed by atoms with E-state index in [0.29, 0.717) is 0 Å². The van der Waals surface area contributed by atoms with Gasteiger partial charge in [-0.15, -0.1) is 0 Å². The lowest BCUT2D eigenvalue weighted by atomic mass is 9.96. The van der Waals surface area contributed by atoms with E-state index in [0.717, 1.165) is 99.2 Å². The fourth-order valence-corrected chi connectivity index (χ4v) is 6.64. The van der Waals surface area contributed by atoms with Crippen molar-refractivity contribution in [2.75, 3.05) is 0 Å². The molecular weight excluding hydrogens is 556 g/mol. The molecule has 5 aromatic heterocycles. The molecule has 45 heavy (non-hydrogen) atoms. The lowest BCUT2D eigenvalue weighted by Crippen LogP contribution is -1.82. The normalized spacial score (nSPS) is 12.0. The molecule has 5 heterocycles. The largest absolute Gasteiger partial charge is 0.456 e. The summed E-state index contributed by atoms with van der Waals surface area (Å²) in [6, 6.07) is 38.3. The minimum atomic E-state index is 0.797. The van der Waals surface area contributed by atoms with E-state index >= 15 is 0 Å². The van der Waals surface area contributed by atoms with Crippen molar-refractivity contribution in [3.05, 3.63) is 134 Å². The summed E-state index contributed by atoms with van der Waals surface area (Å²) in [7, 11) is 0. The van der Waals surface area contributed by atoms with Crippen LogP contribution in [0.15, 0.2) is 147 Å². The van der Waals surface area contributed by atoms with E-state index in [-0.39, 0.29) is 0 Å². The summed E-state index contributed by atoms with van der Waals surface area (Å²) in [5.74, 6) is 0. The maximum atomic E-state index is 6.28. The van der Waals surface area contributed by atoms with Gasteiger partial charge in [0.05, 0.1) is 12.4 Å². The van der Waals surface area contributed by atoms with Crippen molar-refractivity contribution in [3.8, 4) is 33.4 Å². The van der Waals surface area contributed by atoms with Gasteiger partial charge in [0.25, 0.3) is 0 Å². The van der Waals surface area contributed by atoms with Crippen LogP contribution in [0, 0.1) is 0 Å². The summed E-state index contributed by atoms with van der Waals surface area (Å²) in [6.45, 7) is 0. The van der Waals surface area contributed by atoms with Gasteiger partial charge in [0.2, 0.25) is 0 Å². The lowest BCUT2D eigenvalue weighted by molar-refractivity contribution is 0.666. The van der Waals surface area contributed by atoms with Crippen LogP contribution in [0.2, 0.25) is 0 Å². The number of rotatable bonds is 3. The number of fused-ring (bicyclic) bond motifs is 9. The number of aromatic nitrogens is 2. The number of pyridine rings is 2. The summed E-state index contributed by atoms with van der Waals surface area (Å²) in [5, 5.41) is 6.50. The Morgan fingerprint density at radius 2 is 0.667 bits per heavy atom. The monoisotopic (exact) mass is 578 g/mol. The molecule has 0 saturated carbocycles. The summed E-state index contributed by atoms with van der Waals surface area (Å²) in [5.41, 5.74) is 11.9. The zero-order valence-electron chi connectivity index (χ0n) is 23.8. The third-order valence-corrected chi connectivity index (χ3v) is 8.88. The molecule has 0 bridgehead atoms. The molecule has 0 amide bonds. The standard InChI is InChI=1S/C40H22N2O3/c1-2-23(25-4-8-35-31(17-25)29-12-14-41-21-39(29)44-35)16-24(3-1)26-5-10-37-33(19-26)34-20-28(7-11-38(34)43-37)27-6-9-36-32(18-27)30-13-15-42-22-40(30)45-36/h1-22H. The first-order valence-corrected chi connectivity index (χ1v) is 14.9. The van der Waals surface area contributed by atoms with E-state index in [1.807, 2.05) is 24.3 Å². The molecule has 0 N–H and O–H groups in total. The van der Waals surface area contributed by atoms with E-state index in [2.05, 4.69) is 94.9 Å². The predicted octanol–water partition coefficient (Wildman–Crippen LogP) is 11.2. The van der Waals surface area contributed by atoms with Crippen LogP contribution in [0.4, 0.5) is 0 Å². The van der Waals surface area contributed by atoms with E-state index < -0.39 is 0 Å². The average Bonchev–Trinajstić information content (AvgIpc) is 3.78. The van der Waals surface area contributed by atoms with Gasteiger partial charge in [0.15, 0.2) is 11.2 Å². The van der Waals surface area contributed by atoms with Crippen LogP contribution >= 0.6 is 0 Å². The van der Waals surface area contributed by atoms with Crippen molar-refractivity contribution >= 4 is 65.8 Å². The molecule has 10 rings (SSSR count). The van der Waals surface area contributed by atoms with Crippen LogP contribution in [0.3, 0.4) is 0 Å². The minimum Gasteiger partial charge on any atom is -0.456 e. The molecular formula is C40H22N2O3. The molecule has 0 fully saturated rings. The van der Waals surface area contributed by atoms with Crippen LogP contribution in [-0.4, -0.2) is 9.97 Å². The highest BCUT2D eigenvalue weighted by atomic mass is 16.3. The molecule has 0 aliphatic rings. The Labute approximate surface area is 256 Å². The van der Waals surface area contributed by atoms with Crippen LogP contribution < -0.4 is 0 Å². The Morgan fingerprint density at radius 1 is 0.311 bits per heavy atom. The first kappa shape index (κ1) is 24.3. The molecule has 0 aliphatic carbocycles. The molecule has 0 saturated heterocycles. The Bertz CT molecular complexity index is 2780. The summed E-state index contributed by atoms with van der Waals surface area (Å²) in [6.07, 6.45) is 7.15. The summed E-state index contributed by atoms with van der Waals surface area (Å²) in [4.78, 5) is 8.41. The molecule has 5 aromatic carbocycles. The topological polar surface area (TPSA) is 65.2 Å². The number of hydrogen-bond acceptors (Lipinski definition) is 5. The highest BCUT2D eigenvalue weighted by molar-refractivity contribution is 6.09. The number of furan rings is 3. The van der Waals surface area contributed by atoms with Gasteiger partial charge in [-0.3, -0.25) is 9.97 Å². The lowest BCUT2D eigenvalue weighted by Gasteiger charge is -2.07. The fourth-order valence-electron chi connectivity index (χ4n) is 6.64. The van der Waals surface area contributed by atoms with Crippen LogP contribution in [0.5, 0.6) is 0 Å². The van der Waals surface area contributed by atoms with Gasteiger partial charge >= 0.3 is 0 Å². The molecule has 0 spiro atoms. The van der Waals surface area contributed by atoms with Crippen LogP contribution in [-0.2, 0) is 0 Å². The van der Waals surface area contributed by atoms with Gasteiger partial charge in [-0.25, -0.2) is 0 Å². The first-order valence-electron chi connectivity index (χ1n) is 14.9. The quantitative estimate of drug-likeness (QED) is 0.209. The minimum absolute atomic E-state index is 0.797. The van der Waals surface area contributed by atoms with Gasteiger partial charge in [0.1, 0.15) is 22.3 Å². The average molecular weight is 579 g/mol. The van der Waals surface area contributed by atoms with Crippen molar-refractivity contribution in [2.24, 2.45) is 0 Å². The second-order valence-corrected chi connectivity index (χ2v) is 11.5. The Hall–Kier alpha value is -6.20. The molecule has 0 unspecified atom stereocenters. The predicted molar refractivity (Wildman–Crippen MR) is 180 cm³/mol. The zero-order chi connectivity index (χ0) is 29.5. The summed E-state index contributed by atoms with van der Waals surface area (Å²) >= 11 is 0. The van der Waals surface area contributed by atoms with Crippen LogP contribution in [0.25, 0.3) is 99.2 Å². The number of hydrogen-bond donors (Lipinski definition) is 0. The van der Waals surface area contributed by atoms with E-state index in [9.17, 15) is 0 Å². The third kappa shape index (κ3) is 3.74. The van der Waals surface area contributed by atoms with Crippen molar-refractivity contribution in [1.29, 1.82) is 0 Å². The smallest absolute Gasteiger partial charge is 0.153 e. The number of nitrogens with zero attached hydrogens (tertiary/aromatic N) is 2. The van der Waals surface area contributed by atoms with Gasteiger partial charge < -0.3 is 13.3 Å². The molecule has 10 aromatic rings. The SMILES string of the molecule is c1cc(-c2ccc3oc4cnccc4c3c2)cc(-c2ccc3oc4ccc(-c5ccc6oc7cnccc7c6c5)cc4c3c2)c1. The highest BCUT2D eigenvalue weighted by Crippen LogP contribution is 2.38. The van der Waals surface area contributed by atoms with Crippen LogP contribution in [0.1, 0.15) is 0 Å². The second-order valence-electron chi connectivity index (χ2n) is 11.5. The van der Waals surface area contributed by atoms with E-state index in [1.165, 1.54) is 0 Å². The molecule has 0 radical (unpaired) electrons. The van der Waals surface area contributed by atoms with E-state index in [1.54, 1.807) is 24.8 Å². The Morgan fingerprint density at radius 3 is 1.09 bits per heavy atom. The van der Waals surface area contributed by atoms with Gasteiger partial charge in [-0.05, 0) is 100 Å². The van der Waals surface area contributed by atoms with E-state index in [4.69, 9.17) is 13.3 Å². The number of benzene rings is 5. The molecule has 0 atom stereocenters. The van der Waals surface area contributed by atoms with Gasteiger partial charge in [0, 0.05) is 44.7 Å². The Kier molecular flexibility index (Phi) is 4.93. The fraction of sp³-hybridized carbons (Fsp3) is 0. The third-order valence-electron chi connectivity index (χ3n) is 8.88. The molecule has 5 heteroatoms. The summed E-state index contributed by atoms with van der Waals surface area (Å²) < 4.78 is 18.3. The van der Waals surface area contributed by atoms with Crippen molar-refractivity contribution < 1.29 is 13.3 Å². The van der Waals surface area contributed by atoms with Crippen molar-refractivity contribution in [3.63, 3.8) is 0 Å². The van der Waals surface area contributed by atoms with Crippen molar-refractivity contribution in [1.82, 2.24) is 9.97 Å². The zero-order valence-corrected chi connectivity index (χ0v) is 23.8. The Balaban J connectivity index is 1.07. The maximum Gasteiger partial charge on any atom is 0.153 e. The van der Waals surface area contributed by atoms with Gasteiger partial charge in [-0.1, -0.05) is 42.5 Å². The first-order chi connectivity index (χ1) is 22.2. The highest BCUT2D eigenvalue weighted by Gasteiger charge is 2.14. The maximum absolute atomic E-state index is 6.28. The second kappa shape index (κ2) is 9.15.